The van der Waals surface area contributed by atoms with E-state index in [-0.39, 0.29) is 18.5 Å². The second kappa shape index (κ2) is 8.13. The summed E-state index contributed by atoms with van der Waals surface area (Å²) in [6.07, 6.45) is 5.42. The number of primary amides is 1. The highest BCUT2D eigenvalue weighted by atomic mass is 16.2. The number of nitrogens with zero attached hydrogens (tertiary/aromatic N) is 2. The lowest BCUT2D eigenvalue weighted by Crippen LogP contribution is -2.47. The van der Waals surface area contributed by atoms with Crippen LogP contribution in [0.4, 0.5) is 4.79 Å². The molecule has 2 fully saturated rings. The molecule has 174 valence electrons. The molecule has 8 nitrogen and oxygen atoms in total. The third-order valence-electron chi connectivity index (χ3n) is 7.01. The highest BCUT2D eigenvalue weighted by Crippen LogP contribution is 2.40. The van der Waals surface area contributed by atoms with Crippen LogP contribution in [-0.4, -0.2) is 46.1 Å². The number of fused-ring (bicyclic) bond motifs is 2. The maximum Gasteiger partial charge on any atom is 0.326 e. The molecule has 1 aliphatic heterocycles. The van der Waals surface area contributed by atoms with Crippen LogP contribution in [-0.2, 0) is 21.7 Å². The van der Waals surface area contributed by atoms with E-state index in [0.29, 0.717) is 29.2 Å². The average molecular weight is 459 g/mol. The van der Waals surface area contributed by atoms with Crippen molar-refractivity contribution in [2.45, 2.75) is 37.9 Å². The predicted molar refractivity (Wildman–Crippen MR) is 125 cm³/mol. The molecule has 1 heterocycles. The molecule has 5 amide bonds. The summed E-state index contributed by atoms with van der Waals surface area (Å²) in [7, 11) is 0. The summed E-state index contributed by atoms with van der Waals surface area (Å²) in [5, 5.41) is 2.76. The van der Waals surface area contributed by atoms with Gasteiger partial charge >= 0.3 is 6.03 Å². The van der Waals surface area contributed by atoms with Gasteiger partial charge in [-0.1, -0.05) is 42.5 Å². The molecule has 0 bridgehead atoms. The lowest BCUT2D eigenvalue weighted by molar-refractivity contribution is -0.140. The number of nitrogens with one attached hydrogen (secondary N) is 1. The van der Waals surface area contributed by atoms with Gasteiger partial charge in [0.2, 0.25) is 11.8 Å². The van der Waals surface area contributed by atoms with Gasteiger partial charge in [-0.05, 0) is 60.6 Å². The van der Waals surface area contributed by atoms with E-state index in [1.165, 1.54) is 6.07 Å². The quantitative estimate of drug-likeness (QED) is 0.620. The molecule has 34 heavy (non-hydrogen) atoms. The lowest BCUT2D eigenvalue weighted by atomic mass is 9.91. The summed E-state index contributed by atoms with van der Waals surface area (Å²) in [5.74, 6) is -0.915. The summed E-state index contributed by atoms with van der Waals surface area (Å²) in [4.78, 5) is 54.1. The number of rotatable bonds is 7. The summed E-state index contributed by atoms with van der Waals surface area (Å²) in [6, 6.07) is 13.8. The minimum Gasteiger partial charge on any atom is -0.366 e. The topological polar surface area (TPSA) is 113 Å². The Hall–Kier alpha value is -3.94. The van der Waals surface area contributed by atoms with Gasteiger partial charge in [-0.15, -0.1) is 0 Å². The number of imide groups is 1. The monoisotopic (exact) mass is 458 g/mol. The Bertz CT molecular complexity index is 1220. The third-order valence-corrected chi connectivity index (χ3v) is 7.01. The Morgan fingerprint density at radius 3 is 2.59 bits per heavy atom. The summed E-state index contributed by atoms with van der Waals surface area (Å²) in [5.41, 5.74) is 6.48. The van der Waals surface area contributed by atoms with Crippen LogP contribution in [0.1, 0.15) is 46.8 Å². The van der Waals surface area contributed by atoms with E-state index < -0.39 is 23.4 Å². The largest absolute Gasteiger partial charge is 0.366 e. The van der Waals surface area contributed by atoms with Gasteiger partial charge in [0.1, 0.15) is 6.54 Å². The van der Waals surface area contributed by atoms with Crippen LogP contribution in [0.15, 0.2) is 54.6 Å². The van der Waals surface area contributed by atoms with Crippen LogP contribution >= 0.6 is 0 Å². The minimum atomic E-state index is -1.38. The van der Waals surface area contributed by atoms with Gasteiger partial charge in [0.05, 0.1) is 0 Å². The van der Waals surface area contributed by atoms with Crippen LogP contribution < -0.4 is 11.1 Å². The number of hydrogen-bond acceptors (Lipinski definition) is 4. The molecule has 2 aromatic rings. The van der Waals surface area contributed by atoms with Crippen molar-refractivity contribution in [2.24, 2.45) is 11.7 Å². The van der Waals surface area contributed by atoms with Crippen LogP contribution in [0, 0.1) is 5.92 Å². The maximum atomic E-state index is 13.5. The molecule has 3 aliphatic rings. The molecule has 5 rings (SSSR count). The van der Waals surface area contributed by atoms with Gasteiger partial charge < -0.3 is 16.0 Å². The SMILES string of the molecule is CC(C1CC1)N(Cc1ccccc1)C(=O)CN1C(=O)NC2(C=Cc3cc(C(N)=O)ccc32)C1=O. The number of amides is 5. The van der Waals surface area contributed by atoms with E-state index in [9.17, 15) is 19.2 Å². The fourth-order valence-electron chi connectivity index (χ4n) is 4.85. The van der Waals surface area contributed by atoms with E-state index in [4.69, 9.17) is 5.73 Å². The predicted octanol–water partition coefficient (Wildman–Crippen LogP) is 2.39. The summed E-state index contributed by atoms with van der Waals surface area (Å²) < 4.78 is 0. The molecule has 0 radical (unpaired) electrons. The molecule has 0 aromatic heterocycles. The van der Waals surface area contributed by atoms with Gasteiger partial charge in [0.15, 0.2) is 5.54 Å². The van der Waals surface area contributed by atoms with Crippen molar-refractivity contribution in [1.82, 2.24) is 15.1 Å². The number of benzene rings is 2. The van der Waals surface area contributed by atoms with E-state index in [1.54, 1.807) is 29.2 Å². The molecule has 1 saturated heterocycles. The zero-order chi connectivity index (χ0) is 24.0. The molecule has 2 aliphatic carbocycles. The Balaban J connectivity index is 1.38. The maximum absolute atomic E-state index is 13.5. The van der Waals surface area contributed by atoms with Gasteiger partial charge in [-0.2, -0.15) is 0 Å². The number of urea groups is 1. The van der Waals surface area contributed by atoms with Crippen molar-refractivity contribution < 1.29 is 19.2 Å². The molecule has 3 N–H and O–H groups in total. The average Bonchev–Trinajstić information content (AvgIpc) is 3.58. The van der Waals surface area contributed by atoms with Crippen LogP contribution in [0.3, 0.4) is 0 Å². The number of carbonyl (C=O) groups excluding carboxylic acids is 4. The normalized spacial score (nSPS) is 21.5. The lowest BCUT2D eigenvalue weighted by Gasteiger charge is -2.31. The van der Waals surface area contributed by atoms with Gasteiger partial charge in [0, 0.05) is 18.2 Å². The first-order valence-corrected chi connectivity index (χ1v) is 11.4. The smallest absolute Gasteiger partial charge is 0.326 e. The first kappa shape index (κ1) is 21.9. The number of carbonyl (C=O) groups is 4. The first-order valence-electron chi connectivity index (χ1n) is 11.4. The van der Waals surface area contributed by atoms with E-state index in [2.05, 4.69) is 5.32 Å². The van der Waals surface area contributed by atoms with Gasteiger partial charge in [0.25, 0.3) is 5.91 Å². The van der Waals surface area contributed by atoms with Crippen LogP contribution in [0.5, 0.6) is 0 Å². The van der Waals surface area contributed by atoms with Crippen molar-refractivity contribution in [3.05, 3.63) is 76.9 Å². The van der Waals surface area contributed by atoms with E-state index >= 15 is 0 Å². The fraction of sp³-hybridized carbons (Fsp3) is 0.308. The second-order valence-electron chi connectivity index (χ2n) is 9.21. The summed E-state index contributed by atoms with van der Waals surface area (Å²) >= 11 is 0. The molecular formula is C26H26N4O4. The molecule has 2 aromatic carbocycles. The van der Waals surface area contributed by atoms with Crippen molar-refractivity contribution >= 4 is 29.8 Å². The molecule has 1 saturated carbocycles. The minimum absolute atomic E-state index is 0.0155. The Morgan fingerprint density at radius 2 is 1.91 bits per heavy atom. The van der Waals surface area contributed by atoms with E-state index in [0.717, 1.165) is 23.3 Å². The zero-order valence-corrected chi connectivity index (χ0v) is 18.9. The van der Waals surface area contributed by atoms with E-state index in [1.807, 2.05) is 37.3 Å². The highest BCUT2D eigenvalue weighted by Gasteiger charge is 2.54. The zero-order valence-electron chi connectivity index (χ0n) is 18.9. The van der Waals surface area contributed by atoms with Crippen LogP contribution in [0.2, 0.25) is 0 Å². The molecular weight excluding hydrogens is 432 g/mol. The third kappa shape index (κ3) is 3.65. The van der Waals surface area contributed by atoms with Crippen molar-refractivity contribution in [1.29, 1.82) is 0 Å². The Labute approximate surface area is 197 Å². The number of nitrogens with two attached hydrogens (primary N) is 1. The standard InChI is InChI=1S/C26H26N4O4/c1-16(18-7-8-18)29(14-17-5-3-2-4-6-17)22(31)15-30-24(33)26(28-25(30)34)12-11-19-13-20(23(27)32)9-10-21(19)26/h2-6,9-13,16,18H,7-8,14-15H2,1H3,(H2,27,32)(H,28,34). The van der Waals surface area contributed by atoms with Gasteiger partial charge in [-0.25, -0.2) is 4.79 Å². The number of hydrogen-bond donors (Lipinski definition) is 2. The second-order valence-corrected chi connectivity index (χ2v) is 9.21. The molecule has 2 atom stereocenters. The Kier molecular flexibility index (Phi) is 5.23. The van der Waals surface area contributed by atoms with Crippen molar-refractivity contribution in [3.8, 4) is 0 Å². The Morgan fingerprint density at radius 1 is 1.18 bits per heavy atom. The van der Waals surface area contributed by atoms with Crippen LogP contribution in [0.25, 0.3) is 6.08 Å². The summed E-state index contributed by atoms with van der Waals surface area (Å²) in [6.45, 7) is 2.11. The highest BCUT2D eigenvalue weighted by molar-refractivity contribution is 6.12. The van der Waals surface area contributed by atoms with Crippen molar-refractivity contribution in [3.63, 3.8) is 0 Å². The fourth-order valence-corrected chi connectivity index (χ4v) is 4.85. The van der Waals surface area contributed by atoms with Crippen molar-refractivity contribution in [2.75, 3.05) is 6.54 Å². The van der Waals surface area contributed by atoms with Gasteiger partial charge in [-0.3, -0.25) is 19.3 Å². The molecule has 1 spiro atoms. The molecule has 8 heteroatoms. The first-order chi connectivity index (χ1) is 16.3. The molecule has 2 unspecified atom stereocenters.